The summed E-state index contributed by atoms with van der Waals surface area (Å²) in [4.78, 5) is 0. The Balaban J connectivity index is 0.000000266. The van der Waals surface area contributed by atoms with Crippen molar-refractivity contribution < 1.29 is 0 Å². The van der Waals surface area contributed by atoms with E-state index < -0.39 is 0 Å². The van der Waals surface area contributed by atoms with Gasteiger partial charge in [-0.1, -0.05) is 49.5 Å². The highest BCUT2D eigenvalue weighted by Crippen LogP contribution is 2.23. The van der Waals surface area contributed by atoms with Crippen LogP contribution in [-0.2, 0) is 0 Å². The molecule has 0 aromatic rings. The molecule has 0 aliphatic heterocycles. The molecule has 0 spiro atoms. The van der Waals surface area contributed by atoms with Gasteiger partial charge in [-0.15, -0.1) is 6.58 Å². The molecule has 0 saturated heterocycles. The summed E-state index contributed by atoms with van der Waals surface area (Å²) in [5.74, 6) is 0.878. The van der Waals surface area contributed by atoms with E-state index in [0.717, 1.165) is 5.92 Å². The number of hydrogen-bond acceptors (Lipinski definition) is 0. The lowest BCUT2D eigenvalue weighted by Crippen LogP contribution is -2.00. The second-order valence-corrected chi connectivity index (χ2v) is 4.33. The van der Waals surface area contributed by atoms with Crippen LogP contribution >= 0.6 is 0 Å². The molecule has 0 bridgehead atoms. The summed E-state index contributed by atoms with van der Waals surface area (Å²) in [6.07, 6.45) is 16.9. The smallest absolute Gasteiger partial charge is 0.0256 e. The minimum atomic E-state index is 0.878. The first-order valence-electron chi connectivity index (χ1n) is 6.28. The van der Waals surface area contributed by atoms with Gasteiger partial charge in [0, 0.05) is 0 Å². The highest BCUT2D eigenvalue weighted by molar-refractivity contribution is 5.18. The van der Waals surface area contributed by atoms with Crippen LogP contribution in [0, 0.1) is 5.92 Å². The zero-order valence-electron chi connectivity index (χ0n) is 10.9. The van der Waals surface area contributed by atoms with Gasteiger partial charge in [0.25, 0.3) is 0 Å². The van der Waals surface area contributed by atoms with Crippen LogP contribution in [-0.4, -0.2) is 0 Å². The third kappa shape index (κ3) is 8.28. The monoisotopic (exact) mass is 218 g/mol. The van der Waals surface area contributed by atoms with Gasteiger partial charge in [0.05, 0.1) is 0 Å². The molecule has 0 aromatic carbocycles. The van der Waals surface area contributed by atoms with Gasteiger partial charge < -0.3 is 0 Å². The SMILES string of the molecule is C1=CCC1.C=CC.C=CC1=CCCC(C)C1. The molecular formula is C16H26. The van der Waals surface area contributed by atoms with Crippen LogP contribution in [0.15, 0.2) is 49.1 Å². The van der Waals surface area contributed by atoms with Crippen molar-refractivity contribution in [1.82, 2.24) is 0 Å². The van der Waals surface area contributed by atoms with Crippen molar-refractivity contribution in [3.63, 3.8) is 0 Å². The third-order valence-corrected chi connectivity index (χ3v) is 2.58. The van der Waals surface area contributed by atoms with Crippen molar-refractivity contribution in [2.75, 3.05) is 0 Å². The Bertz CT molecular complexity index is 237. The molecule has 0 amide bonds. The molecule has 0 heterocycles. The van der Waals surface area contributed by atoms with Crippen molar-refractivity contribution in [2.24, 2.45) is 5.92 Å². The summed E-state index contributed by atoms with van der Waals surface area (Å²) in [7, 11) is 0. The van der Waals surface area contributed by atoms with Gasteiger partial charge in [-0.2, -0.15) is 0 Å². The first-order valence-corrected chi connectivity index (χ1v) is 6.28. The summed E-state index contributed by atoms with van der Waals surface area (Å²) in [6.45, 7) is 11.3. The highest BCUT2D eigenvalue weighted by atomic mass is 14.1. The Labute approximate surface area is 101 Å². The Morgan fingerprint density at radius 3 is 1.94 bits per heavy atom. The second kappa shape index (κ2) is 10.5. The molecule has 0 saturated carbocycles. The van der Waals surface area contributed by atoms with Crippen LogP contribution in [0.5, 0.6) is 0 Å². The van der Waals surface area contributed by atoms with Crippen LogP contribution in [0.4, 0.5) is 0 Å². The van der Waals surface area contributed by atoms with E-state index in [1.807, 2.05) is 13.0 Å². The van der Waals surface area contributed by atoms with Crippen molar-refractivity contribution >= 4 is 0 Å². The van der Waals surface area contributed by atoms with Crippen molar-refractivity contribution in [3.05, 3.63) is 49.1 Å². The molecule has 2 aliphatic rings. The average Bonchev–Trinajstić information content (AvgIpc) is 2.16. The van der Waals surface area contributed by atoms with Crippen molar-refractivity contribution in [1.29, 1.82) is 0 Å². The van der Waals surface area contributed by atoms with Crippen molar-refractivity contribution in [3.8, 4) is 0 Å². The van der Waals surface area contributed by atoms with E-state index in [9.17, 15) is 0 Å². The van der Waals surface area contributed by atoms with Gasteiger partial charge >= 0.3 is 0 Å². The summed E-state index contributed by atoms with van der Waals surface area (Å²) >= 11 is 0. The van der Waals surface area contributed by atoms with E-state index in [1.54, 1.807) is 6.08 Å². The fourth-order valence-electron chi connectivity index (χ4n) is 1.47. The topological polar surface area (TPSA) is 0 Å². The second-order valence-electron chi connectivity index (χ2n) is 4.33. The zero-order valence-corrected chi connectivity index (χ0v) is 10.9. The maximum absolute atomic E-state index is 3.75. The third-order valence-electron chi connectivity index (χ3n) is 2.58. The van der Waals surface area contributed by atoms with Gasteiger partial charge in [0.1, 0.15) is 0 Å². The minimum absolute atomic E-state index is 0.878. The normalized spacial score (nSPS) is 21.1. The predicted molar refractivity (Wildman–Crippen MR) is 75.5 cm³/mol. The maximum atomic E-state index is 3.75. The summed E-state index contributed by atoms with van der Waals surface area (Å²) in [5, 5.41) is 0. The van der Waals surface area contributed by atoms with Crippen LogP contribution in [0.25, 0.3) is 0 Å². The zero-order chi connectivity index (χ0) is 12.2. The molecule has 2 rings (SSSR count). The van der Waals surface area contributed by atoms with E-state index >= 15 is 0 Å². The van der Waals surface area contributed by atoms with Gasteiger partial charge in [-0.3, -0.25) is 0 Å². The lowest BCUT2D eigenvalue weighted by Gasteiger charge is -2.15. The summed E-state index contributed by atoms with van der Waals surface area (Å²) in [6, 6.07) is 0. The van der Waals surface area contributed by atoms with Crippen LogP contribution < -0.4 is 0 Å². The van der Waals surface area contributed by atoms with Gasteiger partial charge in [-0.05, 0) is 44.9 Å². The minimum Gasteiger partial charge on any atom is -0.103 e. The van der Waals surface area contributed by atoms with Crippen LogP contribution in [0.3, 0.4) is 0 Å². The van der Waals surface area contributed by atoms with Gasteiger partial charge in [0.2, 0.25) is 0 Å². The summed E-state index contributed by atoms with van der Waals surface area (Å²) < 4.78 is 0. The van der Waals surface area contributed by atoms with Gasteiger partial charge in [0.15, 0.2) is 0 Å². The molecule has 1 unspecified atom stereocenters. The van der Waals surface area contributed by atoms with Gasteiger partial charge in [-0.25, -0.2) is 0 Å². The molecule has 90 valence electrons. The standard InChI is InChI=1S/C9H14.C4H6.C3H6/c1-3-9-6-4-5-8(2)7-9;1-2-4-3-1;1-3-2/h3,6,8H,1,4-5,7H2,2H3;1-2H,3-4H2;3H,1H2,2H3. The molecule has 0 N–H and O–H groups in total. The Morgan fingerprint density at radius 2 is 1.69 bits per heavy atom. The Hall–Kier alpha value is -1.04. The van der Waals surface area contributed by atoms with E-state index in [1.165, 1.54) is 37.7 Å². The Morgan fingerprint density at radius 1 is 1.19 bits per heavy atom. The fourth-order valence-corrected chi connectivity index (χ4v) is 1.47. The molecule has 0 fully saturated rings. The first-order chi connectivity index (χ1) is 7.74. The lowest BCUT2D eigenvalue weighted by atomic mass is 9.90. The quantitative estimate of drug-likeness (QED) is 0.513. The van der Waals surface area contributed by atoms with E-state index in [2.05, 4.69) is 38.3 Å². The Kier molecular flexibility index (Phi) is 9.80. The number of hydrogen-bond donors (Lipinski definition) is 0. The van der Waals surface area contributed by atoms with E-state index in [0.29, 0.717) is 0 Å². The molecule has 0 radical (unpaired) electrons. The molecule has 0 aromatic heterocycles. The van der Waals surface area contributed by atoms with E-state index in [4.69, 9.17) is 0 Å². The average molecular weight is 218 g/mol. The molecule has 0 heteroatoms. The lowest BCUT2D eigenvalue weighted by molar-refractivity contribution is 0.516. The molecular weight excluding hydrogens is 192 g/mol. The molecule has 16 heavy (non-hydrogen) atoms. The number of rotatable bonds is 1. The summed E-state index contributed by atoms with van der Waals surface area (Å²) in [5.41, 5.74) is 1.44. The molecule has 1 atom stereocenters. The van der Waals surface area contributed by atoms with E-state index in [-0.39, 0.29) is 0 Å². The van der Waals surface area contributed by atoms with Crippen molar-refractivity contribution in [2.45, 2.75) is 46.0 Å². The number of allylic oxidation sites excluding steroid dienone is 6. The molecule has 0 nitrogen and oxygen atoms in total. The fraction of sp³-hybridized carbons (Fsp3) is 0.500. The van der Waals surface area contributed by atoms with Crippen LogP contribution in [0.2, 0.25) is 0 Å². The first kappa shape index (κ1) is 15.0. The predicted octanol–water partition coefficient (Wildman–Crippen LogP) is 5.45. The highest BCUT2D eigenvalue weighted by Gasteiger charge is 2.07. The maximum Gasteiger partial charge on any atom is -0.0256 e. The largest absolute Gasteiger partial charge is 0.103 e. The molecule has 2 aliphatic carbocycles. The van der Waals surface area contributed by atoms with Crippen LogP contribution in [0.1, 0.15) is 46.0 Å².